The van der Waals surface area contributed by atoms with E-state index in [0.717, 1.165) is 55.3 Å². The van der Waals surface area contributed by atoms with Crippen LogP contribution in [0.1, 0.15) is 94.6 Å². The van der Waals surface area contributed by atoms with Crippen molar-refractivity contribution in [3.8, 4) is 5.75 Å². The maximum absolute atomic E-state index is 13.1. The van der Waals surface area contributed by atoms with Gasteiger partial charge >= 0.3 is 24.1 Å². The number of halogens is 9. The molecule has 5 atom stereocenters. The Balaban J connectivity index is 1.10. The summed E-state index contributed by atoms with van der Waals surface area (Å²) in [5.74, 6) is 3.11. The molecule has 1 aromatic rings. The molecule has 0 radical (unpaired) electrons. The Morgan fingerprint density at radius 2 is 1.51 bits per heavy atom. The fourth-order valence-electron chi connectivity index (χ4n) is 8.55. The summed E-state index contributed by atoms with van der Waals surface area (Å²) in [5.41, 5.74) is -3.81. The van der Waals surface area contributed by atoms with Gasteiger partial charge in [0, 0.05) is 17.6 Å². The third-order valence-electron chi connectivity index (χ3n) is 10.9. The van der Waals surface area contributed by atoms with Gasteiger partial charge in [-0.05, 0) is 111 Å². The predicted molar refractivity (Wildman–Crippen MR) is 165 cm³/mol. The highest BCUT2D eigenvalue weighted by Crippen LogP contribution is 2.62. The van der Waals surface area contributed by atoms with E-state index in [4.69, 9.17) is 9.47 Å². The number of benzene rings is 1. The Morgan fingerprint density at radius 1 is 0.809 bits per heavy atom. The highest BCUT2D eigenvalue weighted by Gasteiger charge is 2.85. The highest BCUT2D eigenvalue weighted by molar-refractivity contribution is 8.76. The highest BCUT2D eigenvalue weighted by atomic mass is 33.1. The maximum atomic E-state index is 13.1. The Bertz CT molecular complexity index is 1150. The molecular weight excluding hydrogens is 679 g/mol. The molecule has 0 amide bonds. The summed E-state index contributed by atoms with van der Waals surface area (Å²) < 4.78 is 134. The average Bonchev–Trinajstić information content (AvgIpc) is 3.62. The molecule has 268 valence electrons. The van der Waals surface area contributed by atoms with E-state index < -0.39 is 37.2 Å². The van der Waals surface area contributed by atoms with Crippen molar-refractivity contribution in [1.82, 2.24) is 0 Å². The molecule has 1 aromatic carbocycles. The Kier molecular flexibility index (Phi) is 11.7. The van der Waals surface area contributed by atoms with Gasteiger partial charge in [-0.25, -0.2) is 0 Å². The van der Waals surface area contributed by atoms with E-state index in [9.17, 15) is 39.5 Å². The fourth-order valence-corrected chi connectivity index (χ4v) is 11.4. The summed E-state index contributed by atoms with van der Waals surface area (Å²) in [6.45, 7) is 1.11. The van der Waals surface area contributed by atoms with Gasteiger partial charge < -0.3 is 14.2 Å². The first-order chi connectivity index (χ1) is 22.1. The van der Waals surface area contributed by atoms with Crippen LogP contribution in [0.5, 0.6) is 5.75 Å². The first-order valence-electron chi connectivity index (χ1n) is 16.6. The molecule has 0 spiro atoms. The van der Waals surface area contributed by atoms with Crippen LogP contribution in [-0.2, 0) is 15.9 Å². The Morgan fingerprint density at radius 3 is 2.19 bits per heavy atom. The van der Waals surface area contributed by atoms with E-state index in [1.165, 1.54) is 36.8 Å². The third kappa shape index (κ3) is 7.70. The van der Waals surface area contributed by atoms with E-state index in [1.54, 1.807) is 0 Å². The fraction of sp³-hybridized carbons (Fsp3) is 0.818. The molecule has 0 saturated heterocycles. The van der Waals surface area contributed by atoms with Gasteiger partial charge in [0.2, 0.25) is 0 Å². The lowest BCUT2D eigenvalue weighted by atomic mass is 9.55. The SMILES string of the molecule is C[C@]12CCC3c4ccc(OCCCSSC5CCCC5)cc4CCC3C1CC[C@@H]2OCCCOC(C(F)(F)F)(C(F)(F)F)C(F)(F)F. The maximum Gasteiger partial charge on any atom is 0.435 e. The number of hydrogen-bond acceptors (Lipinski definition) is 5. The molecule has 47 heavy (non-hydrogen) atoms. The molecule has 0 aromatic heterocycles. The van der Waals surface area contributed by atoms with Gasteiger partial charge in [-0.15, -0.1) is 0 Å². The average molecular weight is 723 g/mol. The van der Waals surface area contributed by atoms with Gasteiger partial charge in [0.05, 0.1) is 19.3 Å². The van der Waals surface area contributed by atoms with Crippen molar-refractivity contribution in [1.29, 1.82) is 0 Å². The summed E-state index contributed by atoms with van der Waals surface area (Å²) in [4.78, 5) is 0. The standard InChI is InChI=1S/C33H43F9O3S2/c1-29-15-14-25-24-11-9-22(43-17-5-19-46-47-23-6-2-3-7-23)20-21(24)8-10-26(25)27(29)12-13-28(29)44-16-4-18-45-30(31(34,35)36,32(37,38)39)33(40,41)42/h9,11,20,23,25-28H,2-8,10,12-19H2,1H3/t25?,26?,27?,28-,29-/m0/s1. The summed E-state index contributed by atoms with van der Waals surface area (Å²) in [6, 6.07) is 6.43. The summed E-state index contributed by atoms with van der Waals surface area (Å²) in [5, 5.41) is 0.807. The van der Waals surface area contributed by atoms with Crippen molar-refractivity contribution in [3.63, 3.8) is 0 Å². The molecule has 5 rings (SSSR count). The van der Waals surface area contributed by atoms with E-state index in [1.807, 2.05) is 21.6 Å². The normalized spacial score (nSPS) is 28.6. The van der Waals surface area contributed by atoms with Crippen LogP contribution in [0.4, 0.5) is 39.5 Å². The van der Waals surface area contributed by atoms with E-state index in [0.29, 0.717) is 30.8 Å². The topological polar surface area (TPSA) is 27.7 Å². The molecule has 14 heteroatoms. The van der Waals surface area contributed by atoms with E-state index in [-0.39, 0.29) is 18.1 Å². The number of fused-ring (bicyclic) bond motifs is 5. The monoisotopic (exact) mass is 722 g/mol. The van der Waals surface area contributed by atoms with Gasteiger partial charge in [-0.1, -0.05) is 47.4 Å². The minimum atomic E-state index is -6.73. The smallest absolute Gasteiger partial charge is 0.435 e. The van der Waals surface area contributed by atoms with Gasteiger partial charge in [-0.3, -0.25) is 0 Å². The second-order valence-electron chi connectivity index (χ2n) is 13.7. The van der Waals surface area contributed by atoms with E-state index in [2.05, 4.69) is 29.9 Å². The van der Waals surface area contributed by atoms with Crippen molar-refractivity contribution < 1.29 is 53.7 Å². The van der Waals surface area contributed by atoms with Crippen molar-refractivity contribution in [2.45, 2.75) is 125 Å². The van der Waals surface area contributed by atoms with E-state index >= 15 is 0 Å². The lowest BCUT2D eigenvalue weighted by Crippen LogP contribution is -2.67. The van der Waals surface area contributed by atoms with Gasteiger partial charge in [0.15, 0.2) is 0 Å². The first-order valence-corrected chi connectivity index (χ1v) is 19.0. The van der Waals surface area contributed by atoms with Crippen molar-refractivity contribution in [2.75, 3.05) is 25.6 Å². The zero-order chi connectivity index (χ0) is 34.1. The van der Waals surface area contributed by atoms with Gasteiger partial charge in [0.1, 0.15) is 5.75 Å². The number of aryl methyl sites for hydroxylation is 1. The summed E-state index contributed by atoms with van der Waals surface area (Å²) in [7, 11) is 3.97. The second-order valence-corrected chi connectivity index (χ2v) is 16.4. The first kappa shape index (κ1) is 37.3. The van der Waals surface area contributed by atoms with Crippen LogP contribution in [0.2, 0.25) is 0 Å². The lowest BCUT2D eigenvalue weighted by Gasteiger charge is -2.50. The molecule has 3 unspecified atom stereocenters. The second kappa shape index (κ2) is 14.7. The van der Waals surface area contributed by atoms with Gasteiger partial charge in [-0.2, -0.15) is 39.5 Å². The quantitative estimate of drug-likeness (QED) is 0.115. The largest absolute Gasteiger partial charge is 0.494 e. The molecule has 3 saturated carbocycles. The summed E-state index contributed by atoms with van der Waals surface area (Å²) in [6.07, 6.45) is -9.37. The minimum Gasteiger partial charge on any atom is -0.494 e. The number of rotatable bonds is 13. The zero-order valence-corrected chi connectivity index (χ0v) is 28.0. The lowest BCUT2D eigenvalue weighted by molar-refractivity contribution is -0.457. The van der Waals surface area contributed by atoms with Crippen LogP contribution < -0.4 is 4.74 Å². The molecule has 4 aliphatic carbocycles. The molecule has 4 aliphatic rings. The Hall–Kier alpha value is -0.990. The molecule has 3 nitrogen and oxygen atoms in total. The number of alkyl halides is 9. The molecule has 3 fully saturated rings. The van der Waals surface area contributed by atoms with Crippen LogP contribution in [0, 0.1) is 17.3 Å². The van der Waals surface area contributed by atoms with Crippen LogP contribution >= 0.6 is 21.6 Å². The van der Waals surface area contributed by atoms with Crippen LogP contribution in [0.25, 0.3) is 0 Å². The molecule has 0 N–H and O–H groups in total. The molecular formula is C33H43F9O3S2. The van der Waals surface area contributed by atoms with Crippen molar-refractivity contribution in [2.24, 2.45) is 17.3 Å². The number of ether oxygens (including phenoxy) is 3. The Labute approximate surface area is 278 Å². The van der Waals surface area contributed by atoms with Crippen molar-refractivity contribution in [3.05, 3.63) is 29.3 Å². The minimum absolute atomic E-state index is 0.232. The van der Waals surface area contributed by atoms with Crippen molar-refractivity contribution >= 4 is 21.6 Å². The van der Waals surface area contributed by atoms with Gasteiger partial charge in [0.25, 0.3) is 0 Å². The van der Waals surface area contributed by atoms with Crippen LogP contribution in [0.3, 0.4) is 0 Å². The molecule has 0 aliphatic heterocycles. The summed E-state index contributed by atoms with van der Waals surface area (Å²) >= 11 is 0. The molecule has 0 heterocycles. The number of hydrogen-bond donors (Lipinski definition) is 0. The van der Waals surface area contributed by atoms with Crippen LogP contribution in [0.15, 0.2) is 18.2 Å². The molecule has 0 bridgehead atoms. The van der Waals surface area contributed by atoms with Crippen LogP contribution in [-0.4, -0.2) is 61.1 Å². The predicted octanol–water partition coefficient (Wildman–Crippen LogP) is 10.9. The third-order valence-corrected chi connectivity index (χ3v) is 13.9. The zero-order valence-electron chi connectivity index (χ0n) is 26.4.